The van der Waals surface area contributed by atoms with Crippen molar-refractivity contribution in [1.29, 1.82) is 0 Å². The minimum Gasteiger partial charge on any atom is -0.396 e. The van der Waals surface area contributed by atoms with Crippen LogP contribution in [0.5, 0.6) is 0 Å². The SMILES string of the molecule is Cc1ccccc1C(CN)NC1CCCCC1CO. The summed E-state index contributed by atoms with van der Waals surface area (Å²) in [4.78, 5) is 0. The molecule has 0 aliphatic heterocycles. The first kappa shape index (κ1) is 14.5. The lowest BCUT2D eigenvalue weighted by Crippen LogP contribution is -2.44. The van der Waals surface area contributed by atoms with Crippen molar-refractivity contribution >= 4 is 0 Å². The van der Waals surface area contributed by atoms with E-state index in [9.17, 15) is 5.11 Å². The number of hydrogen-bond acceptors (Lipinski definition) is 3. The maximum Gasteiger partial charge on any atom is 0.0474 e. The molecular formula is C16H26N2O. The van der Waals surface area contributed by atoms with Crippen LogP contribution in [0, 0.1) is 12.8 Å². The summed E-state index contributed by atoms with van der Waals surface area (Å²) in [6, 6.07) is 8.99. The zero-order valence-corrected chi connectivity index (χ0v) is 11.8. The van der Waals surface area contributed by atoms with Crippen molar-refractivity contribution < 1.29 is 5.11 Å². The average Bonchev–Trinajstić information content (AvgIpc) is 2.46. The Hall–Kier alpha value is -0.900. The molecule has 3 unspecified atom stereocenters. The molecule has 2 rings (SSSR count). The van der Waals surface area contributed by atoms with E-state index in [4.69, 9.17) is 5.73 Å². The van der Waals surface area contributed by atoms with E-state index in [-0.39, 0.29) is 12.6 Å². The Bertz CT molecular complexity index is 394. The fourth-order valence-electron chi connectivity index (χ4n) is 3.17. The molecule has 1 aromatic carbocycles. The average molecular weight is 262 g/mol. The molecule has 0 radical (unpaired) electrons. The molecule has 1 aliphatic carbocycles. The molecule has 0 bridgehead atoms. The third kappa shape index (κ3) is 3.56. The first-order valence-corrected chi connectivity index (χ1v) is 7.38. The largest absolute Gasteiger partial charge is 0.396 e. The molecule has 1 aliphatic rings. The van der Waals surface area contributed by atoms with Crippen LogP contribution in [0.2, 0.25) is 0 Å². The van der Waals surface area contributed by atoms with E-state index in [1.54, 1.807) is 0 Å². The lowest BCUT2D eigenvalue weighted by Gasteiger charge is -2.34. The van der Waals surface area contributed by atoms with Crippen molar-refractivity contribution in [2.45, 2.75) is 44.7 Å². The lowest BCUT2D eigenvalue weighted by molar-refractivity contribution is 0.146. The third-order valence-electron chi connectivity index (χ3n) is 4.36. The van der Waals surface area contributed by atoms with Gasteiger partial charge in [0.15, 0.2) is 0 Å². The summed E-state index contributed by atoms with van der Waals surface area (Å²) in [5.74, 6) is 0.381. The molecule has 0 heterocycles. The standard InChI is InChI=1S/C16H26N2O/c1-12-6-2-4-8-14(12)16(10-17)18-15-9-5-3-7-13(15)11-19/h2,4,6,8,13,15-16,18-19H,3,5,7,9-11,17H2,1H3. The normalized spacial score (nSPS) is 25.2. The van der Waals surface area contributed by atoms with Gasteiger partial charge in [-0.3, -0.25) is 0 Å². The summed E-state index contributed by atoms with van der Waals surface area (Å²) in [7, 11) is 0. The summed E-state index contributed by atoms with van der Waals surface area (Å²) in [6.45, 7) is 3.01. The molecule has 4 N–H and O–H groups in total. The maximum absolute atomic E-state index is 9.50. The Balaban J connectivity index is 2.08. The summed E-state index contributed by atoms with van der Waals surface area (Å²) in [5, 5.41) is 13.2. The maximum atomic E-state index is 9.50. The van der Waals surface area contributed by atoms with E-state index >= 15 is 0 Å². The van der Waals surface area contributed by atoms with Crippen molar-refractivity contribution in [3.8, 4) is 0 Å². The quantitative estimate of drug-likeness (QED) is 0.762. The Morgan fingerprint density at radius 1 is 1.32 bits per heavy atom. The Kier molecular flexibility index (Phi) is 5.37. The zero-order valence-electron chi connectivity index (χ0n) is 11.8. The monoisotopic (exact) mass is 262 g/mol. The summed E-state index contributed by atoms with van der Waals surface area (Å²) in [6.07, 6.45) is 4.76. The number of hydrogen-bond donors (Lipinski definition) is 3. The fraction of sp³-hybridized carbons (Fsp3) is 0.625. The topological polar surface area (TPSA) is 58.3 Å². The first-order valence-electron chi connectivity index (χ1n) is 7.38. The van der Waals surface area contributed by atoms with Gasteiger partial charge in [-0.1, -0.05) is 37.1 Å². The van der Waals surface area contributed by atoms with Crippen LogP contribution in [0.25, 0.3) is 0 Å². The summed E-state index contributed by atoms with van der Waals surface area (Å²) in [5.41, 5.74) is 8.52. The van der Waals surface area contributed by atoms with Gasteiger partial charge in [0.1, 0.15) is 0 Å². The molecule has 0 saturated heterocycles. The smallest absolute Gasteiger partial charge is 0.0474 e. The highest BCUT2D eigenvalue weighted by molar-refractivity contribution is 5.29. The van der Waals surface area contributed by atoms with Gasteiger partial charge >= 0.3 is 0 Å². The molecule has 0 aromatic heterocycles. The molecule has 1 saturated carbocycles. The highest BCUT2D eigenvalue weighted by Crippen LogP contribution is 2.27. The second-order valence-corrected chi connectivity index (χ2v) is 5.65. The number of aliphatic hydroxyl groups excluding tert-OH is 1. The van der Waals surface area contributed by atoms with Gasteiger partial charge in [-0.15, -0.1) is 0 Å². The number of rotatable bonds is 5. The third-order valence-corrected chi connectivity index (χ3v) is 4.36. The van der Waals surface area contributed by atoms with Crippen LogP contribution in [0.4, 0.5) is 0 Å². The molecule has 19 heavy (non-hydrogen) atoms. The van der Waals surface area contributed by atoms with Crippen LogP contribution >= 0.6 is 0 Å². The van der Waals surface area contributed by atoms with Crippen molar-refractivity contribution in [2.24, 2.45) is 11.7 Å². The van der Waals surface area contributed by atoms with Gasteiger partial charge in [-0.25, -0.2) is 0 Å². The number of nitrogens with two attached hydrogens (primary N) is 1. The molecule has 3 heteroatoms. The lowest BCUT2D eigenvalue weighted by atomic mass is 9.84. The van der Waals surface area contributed by atoms with Crippen LogP contribution in [0.15, 0.2) is 24.3 Å². The zero-order chi connectivity index (χ0) is 13.7. The molecule has 3 atom stereocenters. The minimum atomic E-state index is 0.193. The van der Waals surface area contributed by atoms with Crippen molar-refractivity contribution in [3.63, 3.8) is 0 Å². The van der Waals surface area contributed by atoms with Crippen LogP contribution in [-0.2, 0) is 0 Å². The van der Waals surface area contributed by atoms with E-state index in [0.29, 0.717) is 18.5 Å². The number of nitrogens with one attached hydrogen (secondary N) is 1. The molecule has 0 spiro atoms. The first-order chi connectivity index (χ1) is 9.26. The molecular weight excluding hydrogens is 236 g/mol. The highest BCUT2D eigenvalue weighted by Gasteiger charge is 2.26. The number of aryl methyl sites for hydroxylation is 1. The van der Waals surface area contributed by atoms with E-state index in [2.05, 4.69) is 36.5 Å². The van der Waals surface area contributed by atoms with Gasteiger partial charge < -0.3 is 16.2 Å². The van der Waals surface area contributed by atoms with Gasteiger partial charge in [0.25, 0.3) is 0 Å². The molecule has 106 valence electrons. The molecule has 0 amide bonds. The van der Waals surface area contributed by atoms with Crippen LogP contribution in [0.1, 0.15) is 42.9 Å². The highest BCUT2D eigenvalue weighted by atomic mass is 16.3. The van der Waals surface area contributed by atoms with Gasteiger partial charge in [0.05, 0.1) is 0 Å². The Morgan fingerprint density at radius 2 is 2.05 bits per heavy atom. The second-order valence-electron chi connectivity index (χ2n) is 5.65. The minimum absolute atomic E-state index is 0.193. The van der Waals surface area contributed by atoms with E-state index in [1.165, 1.54) is 24.0 Å². The fourth-order valence-corrected chi connectivity index (χ4v) is 3.17. The Labute approximate surface area is 116 Å². The van der Waals surface area contributed by atoms with Crippen LogP contribution in [-0.4, -0.2) is 24.3 Å². The van der Waals surface area contributed by atoms with E-state index in [1.807, 2.05) is 0 Å². The predicted molar refractivity (Wildman–Crippen MR) is 78.9 cm³/mol. The second kappa shape index (κ2) is 7.04. The predicted octanol–water partition coefficient (Wildman–Crippen LogP) is 2.14. The molecule has 3 nitrogen and oxygen atoms in total. The Morgan fingerprint density at radius 3 is 2.74 bits per heavy atom. The van der Waals surface area contributed by atoms with Gasteiger partial charge in [0.2, 0.25) is 0 Å². The van der Waals surface area contributed by atoms with E-state index in [0.717, 1.165) is 12.8 Å². The van der Waals surface area contributed by atoms with Crippen LogP contribution in [0.3, 0.4) is 0 Å². The van der Waals surface area contributed by atoms with Gasteiger partial charge in [-0.2, -0.15) is 0 Å². The number of benzene rings is 1. The molecule has 1 aromatic rings. The van der Waals surface area contributed by atoms with Crippen molar-refractivity contribution in [3.05, 3.63) is 35.4 Å². The van der Waals surface area contributed by atoms with Crippen molar-refractivity contribution in [2.75, 3.05) is 13.2 Å². The van der Waals surface area contributed by atoms with Crippen molar-refractivity contribution in [1.82, 2.24) is 5.32 Å². The van der Waals surface area contributed by atoms with Gasteiger partial charge in [0, 0.05) is 25.2 Å². The van der Waals surface area contributed by atoms with Crippen LogP contribution < -0.4 is 11.1 Å². The van der Waals surface area contributed by atoms with Gasteiger partial charge in [-0.05, 0) is 36.8 Å². The summed E-state index contributed by atoms with van der Waals surface area (Å²) < 4.78 is 0. The summed E-state index contributed by atoms with van der Waals surface area (Å²) >= 11 is 0. The number of aliphatic hydroxyl groups is 1. The van der Waals surface area contributed by atoms with E-state index < -0.39 is 0 Å². The molecule has 1 fully saturated rings.